The van der Waals surface area contributed by atoms with Crippen molar-refractivity contribution in [2.75, 3.05) is 9.80 Å². The molecule has 0 bridgehead atoms. The van der Waals surface area contributed by atoms with E-state index in [0.717, 1.165) is 139 Å². The molecule has 4 heteroatoms. The van der Waals surface area contributed by atoms with Crippen LogP contribution >= 0.6 is 0 Å². The second-order valence-electron chi connectivity index (χ2n) is 23.6. The highest BCUT2D eigenvalue weighted by Crippen LogP contribution is 2.53. The zero-order valence-electron chi connectivity index (χ0n) is 49.6. The number of furan rings is 2. The van der Waals surface area contributed by atoms with Gasteiger partial charge in [-0.2, -0.15) is 0 Å². The first kappa shape index (κ1) is 53.1. The molecule has 2 heterocycles. The zero-order chi connectivity index (χ0) is 58.9. The highest BCUT2D eigenvalue weighted by atomic mass is 16.3. The normalized spacial score (nSPS) is 11.8. The fourth-order valence-electron chi connectivity index (χ4n) is 13.6. The first-order valence-electron chi connectivity index (χ1n) is 30.3. The van der Waals surface area contributed by atoms with Crippen molar-refractivity contribution in [3.63, 3.8) is 0 Å². The molecule has 15 rings (SSSR count). The third-order valence-corrected chi connectivity index (χ3v) is 17.7. The number of aryl methyl sites for hydroxylation is 1. The molecule has 0 unspecified atom stereocenters. The summed E-state index contributed by atoms with van der Waals surface area (Å²) in [5.41, 5.74) is 23.0. The van der Waals surface area contributed by atoms with Crippen LogP contribution in [0.4, 0.5) is 34.1 Å². The van der Waals surface area contributed by atoms with Gasteiger partial charge in [0.25, 0.3) is 0 Å². The van der Waals surface area contributed by atoms with Crippen LogP contribution in [0.2, 0.25) is 0 Å². The Labute approximate surface area is 508 Å². The topological polar surface area (TPSA) is 32.8 Å². The van der Waals surface area contributed by atoms with Gasteiger partial charge in [-0.25, -0.2) is 0 Å². The van der Waals surface area contributed by atoms with Gasteiger partial charge in [-0.15, -0.1) is 0 Å². The highest BCUT2D eigenvalue weighted by molar-refractivity contribution is 6.21. The average Bonchev–Trinajstić information content (AvgIpc) is 1.66. The minimum absolute atomic E-state index is 0.134. The second kappa shape index (κ2) is 21.7. The molecule has 13 aromatic carbocycles. The number of rotatable bonds is 13. The van der Waals surface area contributed by atoms with Gasteiger partial charge in [-0.3, -0.25) is 0 Å². The lowest BCUT2D eigenvalue weighted by Crippen LogP contribution is -2.14. The van der Waals surface area contributed by atoms with Gasteiger partial charge < -0.3 is 18.6 Å². The Hall–Kier alpha value is -10.7. The minimum atomic E-state index is 0.134. The Morgan fingerprint density at radius 3 is 1.13 bits per heavy atom. The molecule has 4 nitrogen and oxygen atoms in total. The number of benzene rings is 13. The molecule has 0 aliphatic rings. The molecule has 418 valence electrons. The molecule has 0 aliphatic carbocycles. The van der Waals surface area contributed by atoms with Crippen molar-refractivity contribution in [1.29, 1.82) is 0 Å². The molecule has 2 aromatic heterocycles. The number of hydrogen-bond donors (Lipinski definition) is 0. The zero-order valence-corrected chi connectivity index (χ0v) is 49.6. The SMILES string of the molecule is C=Cc1c(N(c2cc(-c3ccccc3)cc(-c3ccccc3)c2)c2cccc3c2oc2ccccc23)cc(C(C)C)c2ccc3c(N(c4cc(-c5ccccc5)cc(-c5ccccc5)c4)c4cccc5c4oc4ccccc45)cc(C(C)C)c(C)c3c12. The summed E-state index contributed by atoms with van der Waals surface area (Å²) in [7, 11) is 0. The van der Waals surface area contributed by atoms with E-state index in [1.54, 1.807) is 0 Å². The van der Waals surface area contributed by atoms with Crippen molar-refractivity contribution in [1.82, 2.24) is 0 Å². The predicted molar refractivity (Wildman–Crippen MR) is 370 cm³/mol. The number of hydrogen-bond acceptors (Lipinski definition) is 4. The lowest BCUT2D eigenvalue weighted by molar-refractivity contribution is 0.668. The summed E-state index contributed by atoms with van der Waals surface area (Å²) in [5.74, 6) is 0.288. The molecule has 0 fully saturated rings. The Balaban J connectivity index is 1.08. The van der Waals surface area contributed by atoms with Crippen molar-refractivity contribution in [3.05, 3.63) is 296 Å². The van der Waals surface area contributed by atoms with Crippen LogP contribution in [0.5, 0.6) is 0 Å². The van der Waals surface area contributed by atoms with E-state index in [-0.39, 0.29) is 11.8 Å². The Kier molecular flexibility index (Phi) is 13.3. The Bertz CT molecular complexity index is 5020. The third-order valence-electron chi connectivity index (χ3n) is 17.7. The molecule has 0 saturated carbocycles. The number of fused-ring (bicyclic) bond motifs is 9. The monoisotopic (exact) mass is 1120 g/mol. The molecule has 0 saturated heterocycles. The molecule has 0 N–H and O–H groups in total. The molecular formula is C83H64N2O2. The van der Waals surface area contributed by atoms with Gasteiger partial charge in [0.05, 0.1) is 22.7 Å². The Morgan fingerprint density at radius 2 is 0.701 bits per heavy atom. The lowest BCUT2D eigenvalue weighted by Gasteiger charge is -2.32. The molecule has 87 heavy (non-hydrogen) atoms. The molecule has 0 spiro atoms. The molecule has 0 amide bonds. The third kappa shape index (κ3) is 9.15. The smallest absolute Gasteiger partial charge is 0.159 e. The van der Waals surface area contributed by atoms with Gasteiger partial charge in [0.2, 0.25) is 0 Å². The predicted octanol–water partition coefficient (Wildman–Crippen LogP) is 24.6. The summed E-state index contributed by atoms with van der Waals surface area (Å²) < 4.78 is 14.2. The van der Waals surface area contributed by atoms with Crippen LogP contribution < -0.4 is 9.80 Å². The number of para-hydroxylation sites is 4. The first-order chi connectivity index (χ1) is 42.7. The molecule has 15 aromatic rings. The summed E-state index contributed by atoms with van der Waals surface area (Å²) in [6.45, 7) is 16.5. The van der Waals surface area contributed by atoms with Crippen molar-refractivity contribution in [2.45, 2.75) is 46.5 Å². The summed E-state index contributed by atoms with van der Waals surface area (Å²) in [6, 6.07) is 96.8. The van der Waals surface area contributed by atoms with E-state index in [9.17, 15) is 0 Å². The van der Waals surface area contributed by atoms with E-state index in [2.05, 4.69) is 317 Å². The summed E-state index contributed by atoms with van der Waals surface area (Å²) in [6.07, 6.45) is 2.11. The van der Waals surface area contributed by atoms with Gasteiger partial charge >= 0.3 is 0 Å². The van der Waals surface area contributed by atoms with E-state index in [1.165, 1.54) is 27.5 Å². The van der Waals surface area contributed by atoms with Crippen LogP contribution in [0.25, 0.3) is 116 Å². The average molecular weight is 1120 g/mol. The maximum atomic E-state index is 7.08. The molecule has 0 aliphatic heterocycles. The van der Waals surface area contributed by atoms with Crippen molar-refractivity contribution >= 4 is 106 Å². The van der Waals surface area contributed by atoms with Crippen molar-refractivity contribution in [3.8, 4) is 44.5 Å². The van der Waals surface area contributed by atoms with E-state index in [4.69, 9.17) is 15.4 Å². The summed E-state index contributed by atoms with van der Waals surface area (Å²) in [4.78, 5) is 4.95. The van der Waals surface area contributed by atoms with Crippen molar-refractivity contribution in [2.24, 2.45) is 0 Å². The van der Waals surface area contributed by atoms with E-state index < -0.39 is 0 Å². The Morgan fingerprint density at radius 1 is 0.322 bits per heavy atom. The fraction of sp³-hybridized carbons (Fsp3) is 0.0843. The minimum Gasteiger partial charge on any atom is -0.454 e. The summed E-state index contributed by atoms with van der Waals surface area (Å²) in [5, 5.41) is 8.92. The number of nitrogens with zero attached hydrogens (tertiary/aromatic N) is 2. The number of anilines is 6. The first-order valence-corrected chi connectivity index (χ1v) is 30.3. The maximum Gasteiger partial charge on any atom is 0.159 e. The van der Waals surface area contributed by atoms with Crippen LogP contribution in [0.3, 0.4) is 0 Å². The van der Waals surface area contributed by atoms with E-state index >= 15 is 0 Å². The lowest BCUT2D eigenvalue weighted by atomic mass is 9.84. The van der Waals surface area contributed by atoms with Crippen LogP contribution in [0.15, 0.2) is 282 Å². The molecular weight excluding hydrogens is 1060 g/mol. The largest absolute Gasteiger partial charge is 0.454 e. The van der Waals surface area contributed by atoms with Gasteiger partial charge in [-0.1, -0.05) is 234 Å². The van der Waals surface area contributed by atoms with Crippen LogP contribution in [0, 0.1) is 6.92 Å². The standard InChI is InChI=1S/C83H64N2O2/c1-7-65-76(84(74-38-24-36-69-66-34-20-22-40-78(66)86-82(69)74)63-46-59(55-26-12-8-13-27-55)44-60(47-63)56-28-14-9-15-29-56)51-73(53(4)5)68-42-43-71-77(50-72(52(2)3)54(6)80(71)81(65)68)85(75-39-25-37-70-67-35-21-23-41-79(67)87-83(70)75)64-48-61(57-30-16-10-17-31-57)45-62(49-64)58-32-18-11-19-33-58/h7-53H,1H2,2-6H3. The highest BCUT2D eigenvalue weighted by Gasteiger charge is 2.30. The maximum absolute atomic E-state index is 7.08. The van der Waals surface area contributed by atoms with Crippen LogP contribution in [-0.2, 0) is 0 Å². The quantitative estimate of drug-likeness (QED) is 0.108. The van der Waals surface area contributed by atoms with Crippen LogP contribution in [0.1, 0.15) is 61.8 Å². The van der Waals surface area contributed by atoms with Gasteiger partial charge in [0, 0.05) is 43.9 Å². The van der Waals surface area contributed by atoms with Crippen LogP contribution in [-0.4, -0.2) is 0 Å². The fourth-order valence-corrected chi connectivity index (χ4v) is 13.6. The molecule has 0 atom stereocenters. The van der Waals surface area contributed by atoms with Gasteiger partial charge in [0.15, 0.2) is 11.2 Å². The molecule has 0 radical (unpaired) electrons. The van der Waals surface area contributed by atoms with Gasteiger partial charge in [-0.05, 0) is 169 Å². The van der Waals surface area contributed by atoms with Gasteiger partial charge in [0.1, 0.15) is 11.2 Å². The second-order valence-corrected chi connectivity index (χ2v) is 23.6. The van der Waals surface area contributed by atoms with E-state index in [0.29, 0.717) is 0 Å². The summed E-state index contributed by atoms with van der Waals surface area (Å²) >= 11 is 0. The van der Waals surface area contributed by atoms with E-state index in [1.807, 2.05) is 0 Å². The van der Waals surface area contributed by atoms with Crippen molar-refractivity contribution < 1.29 is 8.83 Å².